The van der Waals surface area contributed by atoms with E-state index in [-0.39, 0.29) is 0 Å². The van der Waals surface area contributed by atoms with Gasteiger partial charge in [-0.05, 0) is 32.4 Å². The molecular formula is C18H19NO3S2. The van der Waals surface area contributed by atoms with Crippen LogP contribution in [0.15, 0.2) is 42.5 Å². The number of aliphatic carboxylic acids is 1. The van der Waals surface area contributed by atoms with Crippen molar-refractivity contribution in [2.45, 2.75) is 31.6 Å². The predicted octanol–water partition coefficient (Wildman–Crippen LogP) is 4.23. The molecule has 0 aliphatic carbocycles. The normalized spacial score (nSPS) is 14.8. The Labute approximate surface area is 147 Å². The summed E-state index contributed by atoms with van der Waals surface area (Å²) in [4.78, 5) is 11.8. The zero-order chi connectivity index (χ0) is 17.5. The van der Waals surface area contributed by atoms with Gasteiger partial charge in [-0.2, -0.15) is 0 Å². The molecule has 0 radical (unpaired) electrons. The Morgan fingerprint density at radius 1 is 1.12 bits per heavy atom. The van der Waals surface area contributed by atoms with Crippen LogP contribution in [0, 0.1) is 0 Å². The molecule has 0 aliphatic rings. The molecular weight excluding hydrogens is 342 g/mol. The number of hydrogen-bond acceptors (Lipinski definition) is 3. The molecule has 2 N–H and O–H groups in total. The molecule has 2 atom stereocenters. The van der Waals surface area contributed by atoms with Crippen molar-refractivity contribution < 1.29 is 14.1 Å². The Morgan fingerprint density at radius 2 is 1.79 bits per heavy atom. The van der Waals surface area contributed by atoms with Crippen molar-refractivity contribution in [2.24, 2.45) is 0 Å². The van der Waals surface area contributed by atoms with Crippen molar-refractivity contribution in [2.75, 3.05) is 0 Å². The monoisotopic (exact) mass is 361 g/mol. The highest BCUT2D eigenvalue weighted by Gasteiger charge is 2.29. The standard InChI is InChI=1S/C18H19NO3S2/c1-18(2,3)24(22)19-15(17(20)21)13-9-6-8-12-11-7-4-5-10-14(11)23-16(12)13/h4-10,15,19H,1-3H3,(H,20,21). The van der Waals surface area contributed by atoms with Crippen LogP contribution in [0.5, 0.6) is 0 Å². The number of carbonyl (C=O) groups is 1. The summed E-state index contributed by atoms with van der Waals surface area (Å²) in [5.41, 5.74) is 0.652. The Balaban J connectivity index is 2.15. The average molecular weight is 361 g/mol. The van der Waals surface area contributed by atoms with E-state index in [2.05, 4.69) is 4.72 Å². The molecule has 0 fully saturated rings. The maximum atomic E-state index is 12.4. The second kappa shape index (κ2) is 6.27. The highest BCUT2D eigenvalue weighted by Crippen LogP contribution is 2.38. The smallest absolute Gasteiger partial charge is 0.326 e. The summed E-state index contributed by atoms with van der Waals surface area (Å²) in [6, 6.07) is 12.6. The minimum atomic E-state index is -1.48. The highest BCUT2D eigenvalue weighted by molar-refractivity contribution is 7.84. The maximum Gasteiger partial charge on any atom is 0.326 e. The van der Waals surface area contributed by atoms with E-state index in [0.717, 1.165) is 20.2 Å². The first-order valence-electron chi connectivity index (χ1n) is 7.60. The van der Waals surface area contributed by atoms with E-state index in [1.54, 1.807) is 17.4 Å². The third-order valence-electron chi connectivity index (χ3n) is 3.77. The summed E-state index contributed by atoms with van der Waals surface area (Å²) < 4.78 is 16.7. The molecule has 1 aromatic heterocycles. The molecule has 3 rings (SSSR count). The van der Waals surface area contributed by atoms with Crippen molar-refractivity contribution >= 4 is 48.5 Å². The van der Waals surface area contributed by atoms with E-state index >= 15 is 0 Å². The summed E-state index contributed by atoms with van der Waals surface area (Å²) in [5.74, 6) is -1.03. The maximum absolute atomic E-state index is 12.4. The van der Waals surface area contributed by atoms with E-state index in [0.29, 0.717) is 5.56 Å². The predicted molar refractivity (Wildman–Crippen MR) is 101 cm³/mol. The van der Waals surface area contributed by atoms with Crippen molar-refractivity contribution in [3.63, 3.8) is 0 Å². The van der Waals surface area contributed by atoms with Crippen molar-refractivity contribution in [3.05, 3.63) is 48.0 Å². The van der Waals surface area contributed by atoms with Crippen LogP contribution < -0.4 is 4.72 Å². The third-order valence-corrected chi connectivity index (χ3v) is 6.57. The lowest BCUT2D eigenvalue weighted by atomic mass is 10.0. The Bertz CT molecular complexity index is 940. The van der Waals surface area contributed by atoms with E-state index in [1.807, 2.05) is 57.2 Å². The number of nitrogens with one attached hydrogen (secondary N) is 1. The minimum absolute atomic E-state index is 0.540. The number of thiophene rings is 1. The summed E-state index contributed by atoms with van der Waals surface area (Å²) >= 11 is 1.57. The molecule has 0 amide bonds. The van der Waals surface area contributed by atoms with Gasteiger partial charge < -0.3 is 5.11 Å². The minimum Gasteiger partial charge on any atom is -0.480 e. The molecule has 6 heteroatoms. The van der Waals surface area contributed by atoms with Crippen LogP contribution in [0.1, 0.15) is 32.4 Å². The molecule has 4 nitrogen and oxygen atoms in total. The van der Waals surface area contributed by atoms with Crippen LogP contribution in [0.4, 0.5) is 0 Å². The highest BCUT2D eigenvalue weighted by atomic mass is 32.2. The second-order valence-electron chi connectivity index (χ2n) is 6.59. The number of benzene rings is 2. The van der Waals surface area contributed by atoms with E-state index in [9.17, 15) is 14.1 Å². The van der Waals surface area contributed by atoms with Gasteiger partial charge in [-0.3, -0.25) is 4.79 Å². The van der Waals surface area contributed by atoms with Gasteiger partial charge in [0, 0.05) is 20.2 Å². The molecule has 126 valence electrons. The lowest BCUT2D eigenvalue weighted by Gasteiger charge is -2.22. The molecule has 0 saturated heterocycles. The number of carboxylic acid groups (broad SMARTS) is 1. The van der Waals surface area contributed by atoms with Gasteiger partial charge in [0.15, 0.2) is 0 Å². The average Bonchev–Trinajstić information content (AvgIpc) is 2.90. The topological polar surface area (TPSA) is 66.4 Å². The lowest BCUT2D eigenvalue weighted by Crippen LogP contribution is -2.38. The summed E-state index contributed by atoms with van der Waals surface area (Å²) in [5, 5.41) is 11.8. The molecule has 1 heterocycles. The first-order valence-corrected chi connectivity index (χ1v) is 9.56. The number of fused-ring (bicyclic) bond motifs is 3. The van der Waals surface area contributed by atoms with Crippen LogP contribution >= 0.6 is 11.3 Å². The largest absolute Gasteiger partial charge is 0.480 e. The van der Waals surface area contributed by atoms with Crippen LogP contribution in [-0.2, 0) is 15.8 Å². The molecule has 0 bridgehead atoms. The Hall–Kier alpha value is -1.76. The fraction of sp³-hybridized carbons (Fsp3) is 0.278. The van der Waals surface area contributed by atoms with Gasteiger partial charge in [-0.1, -0.05) is 36.4 Å². The Morgan fingerprint density at radius 3 is 2.46 bits per heavy atom. The van der Waals surface area contributed by atoms with E-state index in [4.69, 9.17) is 0 Å². The Kier molecular flexibility index (Phi) is 4.46. The second-order valence-corrected chi connectivity index (χ2v) is 9.64. The summed E-state index contributed by atoms with van der Waals surface area (Å²) in [6.07, 6.45) is 0. The zero-order valence-electron chi connectivity index (χ0n) is 13.7. The zero-order valence-corrected chi connectivity index (χ0v) is 15.3. The third kappa shape index (κ3) is 3.09. The lowest BCUT2D eigenvalue weighted by molar-refractivity contribution is -0.139. The van der Waals surface area contributed by atoms with Crippen molar-refractivity contribution in [3.8, 4) is 0 Å². The van der Waals surface area contributed by atoms with Gasteiger partial charge in [-0.25, -0.2) is 8.93 Å². The van der Waals surface area contributed by atoms with E-state index < -0.39 is 27.7 Å². The fourth-order valence-corrected chi connectivity index (χ4v) is 4.57. The van der Waals surface area contributed by atoms with Gasteiger partial charge >= 0.3 is 5.97 Å². The fourth-order valence-electron chi connectivity index (χ4n) is 2.53. The van der Waals surface area contributed by atoms with Crippen LogP contribution in [0.2, 0.25) is 0 Å². The van der Waals surface area contributed by atoms with Gasteiger partial charge in [0.1, 0.15) is 6.04 Å². The van der Waals surface area contributed by atoms with Crippen LogP contribution in [-0.4, -0.2) is 20.0 Å². The van der Waals surface area contributed by atoms with Crippen molar-refractivity contribution in [1.29, 1.82) is 0 Å². The molecule has 0 spiro atoms. The van der Waals surface area contributed by atoms with Crippen molar-refractivity contribution in [1.82, 2.24) is 4.72 Å². The summed E-state index contributed by atoms with van der Waals surface area (Å²) in [7, 11) is -1.48. The molecule has 3 aromatic rings. The molecule has 2 aromatic carbocycles. The first kappa shape index (κ1) is 17.1. The van der Waals surface area contributed by atoms with Gasteiger partial charge in [0.05, 0.1) is 15.7 Å². The van der Waals surface area contributed by atoms with Gasteiger partial charge in [0.2, 0.25) is 0 Å². The van der Waals surface area contributed by atoms with Crippen LogP contribution in [0.25, 0.3) is 20.2 Å². The quantitative estimate of drug-likeness (QED) is 0.731. The summed E-state index contributed by atoms with van der Waals surface area (Å²) in [6.45, 7) is 5.44. The molecule has 0 saturated carbocycles. The SMILES string of the molecule is CC(C)(C)S(=O)NC(C(=O)O)c1cccc2c1sc1ccccc12. The molecule has 0 aliphatic heterocycles. The number of rotatable bonds is 4. The molecule has 24 heavy (non-hydrogen) atoms. The molecule has 2 unspecified atom stereocenters. The van der Waals surface area contributed by atoms with Gasteiger partial charge in [-0.15, -0.1) is 11.3 Å². The van der Waals surface area contributed by atoms with Gasteiger partial charge in [0.25, 0.3) is 0 Å². The van der Waals surface area contributed by atoms with Crippen LogP contribution in [0.3, 0.4) is 0 Å². The van der Waals surface area contributed by atoms with E-state index in [1.165, 1.54) is 0 Å². The number of carboxylic acids is 1. The first-order chi connectivity index (χ1) is 11.3. The number of hydrogen-bond donors (Lipinski definition) is 2.